The summed E-state index contributed by atoms with van der Waals surface area (Å²) in [6, 6.07) is 28.8. The van der Waals surface area contributed by atoms with Crippen LogP contribution in [0.3, 0.4) is 0 Å². The van der Waals surface area contributed by atoms with Crippen molar-refractivity contribution in [3.8, 4) is 22.9 Å². The second-order valence-corrected chi connectivity index (χ2v) is 13.5. The van der Waals surface area contributed by atoms with E-state index in [0.717, 1.165) is 74.9 Å². The van der Waals surface area contributed by atoms with Crippen molar-refractivity contribution in [2.75, 3.05) is 26.9 Å². The summed E-state index contributed by atoms with van der Waals surface area (Å²) >= 11 is 0. The monoisotopic (exact) mass is 710 g/mol. The van der Waals surface area contributed by atoms with Gasteiger partial charge in [-0.2, -0.15) is 0 Å². The van der Waals surface area contributed by atoms with E-state index in [1.54, 1.807) is 17.7 Å². The molecule has 4 aromatic carbocycles. The van der Waals surface area contributed by atoms with Crippen LogP contribution in [0.4, 0.5) is 5.69 Å². The van der Waals surface area contributed by atoms with Crippen LogP contribution in [0.2, 0.25) is 0 Å². The Morgan fingerprint density at radius 3 is 2.26 bits per heavy atom. The van der Waals surface area contributed by atoms with E-state index in [2.05, 4.69) is 4.99 Å². The summed E-state index contributed by atoms with van der Waals surface area (Å²) in [7, 11) is 1.61. The zero-order valence-corrected chi connectivity index (χ0v) is 30.3. The maximum Gasteiger partial charge on any atom is 0.266 e. The van der Waals surface area contributed by atoms with Crippen molar-refractivity contribution < 1.29 is 19.0 Å². The van der Waals surface area contributed by atoms with Crippen LogP contribution < -0.4 is 19.8 Å². The average molecular weight is 711 g/mol. The minimum Gasteiger partial charge on any atom is -0.494 e. The molecule has 0 saturated carbocycles. The molecule has 0 radical (unpaired) electrons. The van der Waals surface area contributed by atoms with E-state index < -0.39 is 0 Å². The van der Waals surface area contributed by atoms with Crippen molar-refractivity contribution >= 4 is 40.9 Å². The van der Waals surface area contributed by atoms with Crippen molar-refractivity contribution in [3.05, 3.63) is 118 Å². The van der Waals surface area contributed by atoms with Crippen molar-refractivity contribution in [2.24, 2.45) is 4.99 Å². The number of fused-ring (bicyclic) bond motifs is 3. The van der Waals surface area contributed by atoms with Gasteiger partial charge in [-0.1, -0.05) is 80.6 Å². The third-order valence-electron chi connectivity index (χ3n) is 9.89. The summed E-state index contributed by atoms with van der Waals surface area (Å²) in [6.07, 6.45) is 15.3. The highest BCUT2D eigenvalue weighted by atomic mass is 16.5. The predicted molar refractivity (Wildman–Crippen MR) is 211 cm³/mol. The van der Waals surface area contributed by atoms with Crippen molar-refractivity contribution in [1.29, 1.82) is 0 Å². The number of carbonyl (C=O) groups is 1. The van der Waals surface area contributed by atoms with Crippen molar-refractivity contribution in [3.63, 3.8) is 0 Å². The Kier molecular flexibility index (Phi) is 11.6. The third-order valence-corrected chi connectivity index (χ3v) is 9.89. The standard InChI is InChI=1S/C44H46N4O5/c1-51-40-29-37-39(45-31-34-17-14-26-47(34)43(37)49)30-41(40)53-28-13-6-4-2-3-5-12-27-52-35-23-21-33(22-24-35)48-42(25-20-32-15-8-7-9-16-32)46-38-19-11-10-18-36(38)44(48)50/h7-11,15-16,18-25,29-31,34H,2-6,12-14,17,26-28H2,1H3/t34-/m0/s1. The van der Waals surface area contributed by atoms with Gasteiger partial charge in [0.2, 0.25) is 0 Å². The van der Waals surface area contributed by atoms with Crippen LogP contribution in [0.15, 0.2) is 101 Å². The van der Waals surface area contributed by atoms with Crippen molar-refractivity contribution in [1.82, 2.24) is 14.5 Å². The Labute approximate surface area is 310 Å². The molecule has 1 fully saturated rings. The Bertz CT molecular complexity index is 2140. The first-order chi connectivity index (χ1) is 26.1. The highest BCUT2D eigenvalue weighted by Gasteiger charge is 2.32. The topological polar surface area (TPSA) is 95.2 Å². The van der Waals surface area contributed by atoms with E-state index in [1.807, 2.05) is 108 Å². The molecule has 0 aliphatic carbocycles. The Balaban J connectivity index is 0.831. The number of methoxy groups -OCH3 is 1. The molecule has 3 heterocycles. The summed E-state index contributed by atoms with van der Waals surface area (Å²) in [6.45, 7) is 2.00. The lowest BCUT2D eigenvalue weighted by molar-refractivity contribution is 0.0774. The van der Waals surface area contributed by atoms with E-state index in [1.165, 1.54) is 6.42 Å². The molecule has 2 aliphatic heterocycles. The van der Waals surface area contributed by atoms with E-state index in [0.29, 0.717) is 52.7 Å². The third kappa shape index (κ3) is 8.52. The van der Waals surface area contributed by atoms with Gasteiger partial charge in [-0.25, -0.2) is 4.98 Å². The molecular weight excluding hydrogens is 665 g/mol. The lowest BCUT2D eigenvalue weighted by Gasteiger charge is -2.20. The number of aliphatic imine (C=N–C) groups is 1. The molecule has 1 atom stereocenters. The Hall–Kier alpha value is -5.70. The SMILES string of the molecule is COc1cc2c(cc1OCCCCCCCCCOc1ccc(-n3c(C=Cc4ccccc4)nc4ccccc4c3=O)cc1)N=C[C@@H]1CCCN1C2=O. The molecule has 2 aliphatic rings. The summed E-state index contributed by atoms with van der Waals surface area (Å²) in [5, 5.41) is 0.578. The van der Waals surface area contributed by atoms with Crippen LogP contribution in [0.25, 0.3) is 28.7 Å². The lowest BCUT2D eigenvalue weighted by atomic mass is 10.1. The molecule has 9 heteroatoms. The summed E-state index contributed by atoms with van der Waals surface area (Å²) in [5.74, 6) is 2.57. The fourth-order valence-electron chi connectivity index (χ4n) is 7.02. The van der Waals surface area contributed by atoms with Crippen molar-refractivity contribution in [2.45, 2.75) is 63.8 Å². The molecule has 1 amide bonds. The second-order valence-electron chi connectivity index (χ2n) is 13.5. The maximum atomic E-state index is 13.6. The fourth-order valence-corrected chi connectivity index (χ4v) is 7.02. The number of hydrogen-bond acceptors (Lipinski definition) is 7. The van der Waals surface area contributed by atoms with Crippen LogP contribution in [0.5, 0.6) is 17.2 Å². The first-order valence-electron chi connectivity index (χ1n) is 18.8. The van der Waals surface area contributed by atoms with E-state index >= 15 is 0 Å². The highest BCUT2D eigenvalue weighted by molar-refractivity contribution is 6.03. The summed E-state index contributed by atoms with van der Waals surface area (Å²) in [4.78, 5) is 38.1. The predicted octanol–water partition coefficient (Wildman–Crippen LogP) is 9.07. The maximum absolute atomic E-state index is 13.6. The van der Waals surface area contributed by atoms with Gasteiger partial charge in [0, 0.05) is 18.8 Å². The molecule has 1 aromatic heterocycles. The van der Waals surface area contributed by atoms with Gasteiger partial charge in [-0.05, 0) is 79.8 Å². The van der Waals surface area contributed by atoms with Crippen LogP contribution in [-0.4, -0.2) is 59.5 Å². The van der Waals surface area contributed by atoms with Crippen LogP contribution >= 0.6 is 0 Å². The molecule has 0 N–H and O–H groups in total. The summed E-state index contributed by atoms with van der Waals surface area (Å²) < 4.78 is 19.4. The molecule has 9 nitrogen and oxygen atoms in total. The van der Waals surface area contributed by atoms with Crippen LogP contribution in [0.1, 0.15) is 79.5 Å². The number of carbonyl (C=O) groups excluding carboxylic acids is 1. The minimum absolute atomic E-state index is 0.0156. The number of unbranched alkanes of at least 4 members (excludes halogenated alkanes) is 6. The number of hydrogen-bond donors (Lipinski definition) is 0. The molecule has 53 heavy (non-hydrogen) atoms. The molecule has 0 spiro atoms. The largest absolute Gasteiger partial charge is 0.494 e. The van der Waals surface area contributed by atoms with Gasteiger partial charge in [-0.3, -0.25) is 19.1 Å². The first-order valence-corrected chi connectivity index (χ1v) is 18.8. The molecule has 0 bridgehead atoms. The smallest absolute Gasteiger partial charge is 0.266 e. The number of benzene rings is 4. The number of rotatable bonds is 16. The Morgan fingerprint density at radius 2 is 1.49 bits per heavy atom. The zero-order valence-electron chi connectivity index (χ0n) is 30.3. The zero-order chi connectivity index (χ0) is 36.4. The lowest BCUT2D eigenvalue weighted by Crippen LogP contribution is -2.35. The fraction of sp³-hybridized carbons (Fsp3) is 0.318. The van der Waals surface area contributed by atoms with Gasteiger partial charge in [0.25, 0.3) is 11.5 Å². The average Bonchev–Trinajstić information content (AvgIpc) is 3.63. The van der Waals surface area contributed by atoms with Gasteiger partial charge in [0.15, 0.2) is 11.5 Å². The minimum atomic E-state index is -0.108. The van der Waals surface area contributed by atoms with E-state index in [-0.39, 0.29) is 17.5 Å². The highest BCUT2D eigenvalue weighted by Crippen LogP contribution is 2.38. The summed E-state index contributed by atoms with van der Waals surface area (Å²) in [5.41, 5.74) is 3.56. The quantitative estimate of drug-likeness (QED) is 0.0949. The molecular formula is C44H46N4O5. The second kappa shape index (κ2) is 17.2. The molecule has 5 aromatic rings. The van der Waals surface area contributed by atoms with Gasteiger partial charge >= 0.3 is 0 Å². The van der Waals surface area contributed by atoms with Gasteiger partial charge in [0.05, 0.1) is 54.2 Å². The number of nitrogens with zero attached hydrogens (tertiary/aromatic N) is 4. The van der Waals surface area contributed by atoms with Crippen LogP contribution in [-0.2, 0) is 0 Å². The number of amides is 1. The van der Waals surface area contributed by atoms with E-state index in [4.69, 9.17) is 19.2 Å². The number of aromatic nitrogens is 2. The van der Waals surface area contributed by atoms with E-state index in [9.17, 15) is 9.59 Å². The number of ether oxygens (including phenoxy) is 3. The first kappa shape index (κ1) is 35.7. The van der Waals surface area contributed by atoms with Gasteiger partial charge < -0.3 is 19.1 Å². The molecule has 7 rings (SSSR count). The van der Waals surface area contributed by atoms with Crippen LogP contribution in [0, 0.1) is 0 Å². The molecule has 272 valence electrons. The Morgan fingerprint density at radius 1 is 0.774 bits per heavy atom. The molecule has 0 unspecified atom stereocenters. The van der Waals surface area contributed by atoms with Gasteiger partial charge in [0.1, 0.15) is 11.6 Å². The van der Waals surface area contributed by atoms with Gasteiger partial charge in [-0.15, -0.1) is 0 Å². The normalized spacial score (nSPS) is 15.1. The molecule has 1 saturated heterocycles. The number of para-hydroxylation sites is 1.